The molecule has 1 aliphatic carbocycles. The molecule has 0 spiro atoms. The lowest BCUT2D eigenvalue weighted by molar-refractivity contribution is 0.112. The summed E-state index contributed by atoms with van der Waals surface area (Å²) >= 11 is 0. The minimum absolute atomic E-state index is 0.164. The van der Waals surface area contributed by atoms with Crippen LogP contribution in [0.4, 0.5) is 4.79 Å². The predicted octanol–water partition coefficient (Wildman–Crippen LogP) is 2.48. The topological polar surface area (TPSA) is 61.8 Å². The van der Waals surface area contributed by atoms with Gasteiger partial charge in [-0.3, -0.25) is 0 Å². The zero-order valence-corrected chi connectivity index (χ0v) is 13.8. The summed E-state index contributed by atoms with van der Waals surface area (Å²) in [7, 11) is 3.34. The molecule has 0 heterocycles. The molecule has 2 unspecified atom stereocenters. The summed E-state index contributed by atoms with van der Waals surface area (Å²) in [6, 6.07) is 5.56. The first kappa shape index (κ1) is 16.6. The number of ether oxygens (including phenoxy) is 1. The summed E-state index contributed by atoms with van der Waals surface area (Å²) in [5, 5.41) is 12.9. The fraction of sp³-hybridized carbons (Fsp3) is 0.588. The number of rotatable bonds is 6. The Kier molecular flexibility index (Phi) is 5.29. The molecular formula is C17H26N2O3. The first-order chi connectivity index (χ1) is 10.4. The Hall–Kier alpha value is -1.75. The van der Waals surface area contributed by atoms with E-state index in [-0.39, 0.29) is 12.1 Å². The lowest BCUT2D eigenvalue weighted by Gasteiger charge is -2.24. The van der Waals surface area contributed by atoms with Crippen molar-refractivity contribution in [3.63, 3.8) is 0 Å². The van der Waals surface area contributed by atoms with Crippen molar-refractivity contribution in [2.75, 3.05) is 20.7 Å². The van der Waals surface area contributed by atoms with Gasteiger partial charge in [0.15, 0.2) is 0 Å². The molecule has 0 aromatic heterocycles. The zero-order chi connectivity index (χ0) is 16.3. The van der Waals surface area contributed by atoms with Gasteiger partial charge >= 0.3 is 6.03 Å². The van der Waals surface area contributed by atoms with Crippen LogP contribution in [0.25, 0.3) is 0 Å². The summed E-state index contributed by atoms with van der Waals surface area (Å²) in [5.74, 6) is 1.13. The minimum Gasteiger partial charge on any atom is -0.496 e. The molecule has 2 N–H and O–H groups in total. The first-order valence-electron chi connectivity index (χ1n) is 7.76. The van der Waals surface area contributed by atoms with E-state index in [9.17, 15) is 9.90 Å². The predicted molar refractivity (Wildman–Crippen MR) is 86.0 cm³/mol. The van der Waals surface area contributed by atoms with Crippen LogP contribution in [0.3, 0.4) is 0 Å². The highest BCUT2D eigenvalue weighted by Crippen LogP contribution is 2.32. The molecule has 1 aromatic rings. The van der Waals surface area contributed by atoms with Crippen LogP contribution in [0.2, 0.25) is 0 Å². The van der Waals surface area contributed by atoms with Crippen LogP contribution in [0.15, 0.2) is 18.2 Å². The second kappa shape index (κ2) is 7.01. The normalized spacial score (nSPS) is 16.8. The standard InChI is InChI=1S/C17H26N2O3/c1-11-5-8-16(22-4)14(9-11)12(2)18-17(21)19(3)10-15(20)13-6-7-13/h5,8-9,12-13,15,20H,6-7,10H2,1-4H3,(H,18,21). The number of urea groups is 1. The average Bonchev–Trinajstić information content (AvgIpc) is 3.31. The van der Waals surface area contributed by atoms with Crippen LogP contribution in [-0.4, -0.2) is 42.8 Å². The first-order valence-corrected chi connectivity index (χ1v) is 7.76. The Morgan fingerprint density at radius 3 is 2.77 bits per heavy atom. The van der Waals surface area contributed by atoms with Crippen molar-refractivity contribution >= 4 is 6.03 Å². The minimum atomic E-state index is -0.417. The summed E-state index contributed by atoms with van der Waals surface area (Å²) in [6.07, 6.45) is 1.71. The van der Waals surface area contributed by atoms with Crippen molar-refractivity contribution in [1.82, 2.24) is 10.2 Å². The monoisotopic (exact) mass is 306 g/mol. The van der Waals surface area contributed by atoms with E-state index >= 15 is 0 Å². The molecule has 22 heavy (non-hydrogen) atoms. The highest BCUT2D eigenvalue weighted by molar-refractivity contribution is 5.74. The van der Waals surface area contributed by atoms with E-state index in [1.54, 1.807) is 19.1 Å². The number of carbonyl (C=O) groups is 1. The maximum atomic E-state index is 12.3. The number of hydrogen-bond acceptors (Lipinski definition) is 3. The van der Waals surface area contributed by atoms with Crippen molar-refractivity contribution in [3.8, 4) is 5.75 Å². The third-order valence-electron chi connectivity index (χ3n) is 4.17. The molecule has 0 saturated heterocycles. The maximum absolute atomic E-state index is 12.3. The number of nitrogens with one attached hydrogen (secondary N) is 1. The van der Waals surface area contributed by atoms with Gasteiger partial charge in [-0.05, 0) is 38.7 Å². The van der Waals surface area contributed by atoms with Crippen LogP contribution in [0.1, 0.15) is 36.9 Å². The Labute approximate surface area is 132 Å². The molecule has 0 bridgehead atoms. The van der Waals surface area contributed by atoms with Gasteiger partial charge in [-0.1, -0.05) is 17.7 Å². The zero-order valence-electron chi connectivity index (χ0n) is 13.8. The number of nitrogens with zero attached hydrogens (tertiary/aromatic N) is 1. The number of likely N-dealkylation sites (N-methyl/N-ethyl adjacent to an activating group) is 1. The van der Waals surface area contributed by atoms with Gasteiger partial charge in [-0.15, -0.1) is 0 Å². The van der Waals surface area contributed by atoms with Gasteiger partial charge in [-0.2, -0.15) is 0 Å². The van der Waals surface area contributed by atoms with Crippen molar-refractivity contribution in [2.24, 2.45) is 5.92 Å². The average molecular weight is 306 g/mol. The molecule has 1 aliphatic rings. The lowest BCUT2D eigenvalue weighted by atomic mass is 10.0. The molecule has 1 aromatic carbocycles. The molecule has 5 nitrogen and oxygen atoms in total. The van der Waals surface area contributed by atoms with Gasteiger partial charge in [0.2, 0.25) is 0 Å². The molecule has 5 heteroatoms. The second-order valence-electron chi connectivity index (χ2n) is 6.20. The van der Waals surface area contributed by atoms with Crippen molar-refractivity contribution < 1.29 is 14.6 Å². The lowest BCUT2D eigenvalue weighted by Crippen LogP contribution is -2.42. The number of carbonyl (C=O) groups excluding carboxylic acids is 1. The number of hydrogen-bond donors (Lipinski definition) is 2. The van der Waals surface area contributed by atoms with E-state index < -0.39 is 6.10 Å². The van der Waals surface area contributed by atoms with Crippen molar-refractivity contribution in [1.29, 1.82) is 0 Å². The SMILES string of the molecule is COc1ccc(C)cc1C(C)NC(=O)N(C)CC(O)C1CC1. The fourth-order valence-electron chi connectivity index (χ4n) is 2.56. The number of aliphatic hydroxyl groups excluding tert-OH is 1. The van der Waals surface area contributed by atoms with Crippen LogP contribution in [0, 0.1) is 12.8 Å². The van der Waals surface area contributed by atoms with Crippen LogP contribution in [-0.2, 0) is 0 Å². The molecular weight excluding hydrogens is 280 g/mol. The van der Waals surface area contributed by atoms with Gasteiger partial charge < -0.3 is 20.1 Å². The van der Waals surface area contributed by atoms with Crippen LogP contribution >= 0.6 is 0 Å². The van der Waals surface area contributed by atoms with Gasteiger partial charge in [0, 0.05) is 19.2 Å². The van der Waals surface area contributed by atoms with Crippen molar-refractivity contribution in [3.05, 3.63) is 29.3 Å². The number of methoxy groups -OCH3 is 1. The largest absolute Gasteiger partial charge is 0.496 e. The molecule has 2 amide bonds. The number of amides is 2. The van der Waals surface area contributed by atoms with Crippen LogP contribution in [0.5, 0.6) is 5.75 Å². The van der Waals surface area contributed by atoms with Gasteiger partial charge in [-0.25, -0.2) is 4.79 Å². The van der Waals surface area contributed by atoms with E-state index in [0.29, 0.717) is 12.5 Å². The van der Waals surface area contributed by atoms with E-state index in [4.69, 9.17) is 4.74 Å². The van der Waals surface area contributed by atoms with Crippen molar-refractivity contribution in [2.45, 2.75) is 38.8 Å². The third kappa shape index (κ3) is 4.13. The van der Waals surface area contributed by atoms with Gasteiger partial charge in [0.25, 0.3) is 0 Å². The Bertz CT molecular complexity index is 529. The summed E-state index contributed by atoms with van der Waals surface area (Å²) in [6.45, 7) is 4.31. The summed E-state index contributed by atoms with van der Waals surface area (Å²) in [4.78, 5) is 13.8. The number of benzene rings is 1. The smallest absolute Gasteiger partial charge is 0.317 e. The molecule has 122 valence electrons. The van der Waals surface area contributed by atoms with E-state index in [2.05, 4.69) is 5.32 Å². The third-order valence-corrected chi connectivity index (χ3v) is 4.17. The maximum Gasteiger partial charge on any atom is 0.317 e. The fourth-order valence-corrected chi connectivity index (χ4v) is 2.56. The van der Waals surface area contributed by atoms with Gasteiger partial charge in [0.05, 0.1) is 19.3 Å². The Morgan fingerprint density at radius 2 is 2.18 bits per heavy atom. The Balaban J connectivity index is 1.96. The molecule has 0 aliphatic heterocycles. The van der Waals surface area contributed by atoms with E-state index in [1.807, 2.05) is 32.0 Å². The van der Waals surface area contributed by atoms with Gasteiger partial charge in [0.1, 0.15) is 5.75 Å². The number of aryl methyl sites for hydroxylation is 1. The molecule has 1 saturated carbocycles. The quantitative estimate of drug-likeness (QED) is 0.849. The highest BCUT2D eigenvalue weighted by atomic mass is 16.5. The summed E-state index contributed by atoms with van der Waals surface area (Å²) < 4.78 is 5.36. The Morgan fingerprint density at radius 1 is 1.50 bits per heavy atom. The second-order valence-corrected chi connectivity index (χ2v) is 6.20. The molecule has 0 radical (unpaired) electrons. The molecule has 2 atom stereocenters. The highest BCUT2D eigenvalue weighted by Gasteiger charge is 2.31. The molecule has 1 fully saturated rings. The van der Waals surface area contributed by atoms with E-state index in [1.165, 1.54) is 0 Å². The summed E-state index contributed by atoms with van der Waals surface area (Å²) in [5.41, 5.74) is 2.07. The number of aliphatic hydroxyl groups is 1. The van der Waals surface area contributed by atoms with Crippen LogP contribution < -0.4 is 10.1 Å². The molecule has 2 rings (SSSR count). The van der Waals surface area contributed by atoms with E-state index in [0.717, 1.165) is 29.7 Å².